The molecule has 2 aliphatic rings. The van der Waals surface area contributed by atoms with Gasteiger partial charge in [-0.3, -0.25) is 9.59 Å². The van der Waals surface area contributed by atoms with Crippen LogP contribution in [0.15, 0.2) is 30.5 Å². The van der Waals surface area contributed by atoms with Crippen molar-refractivity contribution in [2.24, 2.45) is 0 Å². The van der Waals surface area contributed by atoms with Crippen molar-refractivity contribution in [3.63, 3.8) is 0 Å². The number of carbonyl (C=O) groups is 2. The van der Waals surface area contributed by atoms with Gasteiger partial charge in [-0.05, 0) is 30.5 Å². The van der Waals surface area contributed by atoms with Gasteiger partial charge in [0.1, 0.15) is 11.5 Å². The fourth-order valence-electron chi connectivity index (χ4n) is 3.70. The quantitative estimate of drug-likeness (QED) is 0.887. The first-order valence-electron chi connectivity index (χ1n) is 9.04. The van der Waals surface area contributed by atoms with Gasteiger partial charge >= 0.3 is 0 Å². The van der Waals surface area contributed by atoms with Crippen molar-refractivity contribution in [3.8, 4) is 0 Å². The molecule has 2 heterocycles. The molecule has 1 fully saturated rings. The maximum atomic E-state index is 13.1. The number of hydrogen-bond acceptors (Lipinski definition) is 3. The number of fused-ring (bicyclic) bond motifs is 1. The second-order valence-electron chi connectivity index (χ2n) is 6.99. The van der Waals surface area contributed by atoms with E-state index in [4.69, 9.17) is 0 Å². The number of amides is 2. The van der Waals surface area contributed by atoms with E-state index in [1.807, 2.05) is 0 Å². The van der Waals surface area contributed by atoms with Gasteiger partial charge in [-0.2, -0.15) is 0 Å². The molecule has 26 heavy (non-hydrogen) atoms. The number of carbonyl (C=O) groups excluding carboxylic acids is 2. The van der Waals surface area contributed by atoms with Gasteiger partial charge in [0.05, 0.1) is 6.04 Å². The van der Waals surface area contributed by atoms with Gasteiger partial charge in [0.15, 0.2) is 5.82 Å². The lowest BCUT2D eigenvalue weighted by Gasteiger charge is -2.25. The van der Waals surface area contributed by atoms with Crippen LogP contribution in [0.25, 0.3) is 0 Å². The van der Waals surface area contributed by atoms with Gasteiger partial charge in [0, 0.05) is 18.8 Å². The summed E-state index contributed by atoms with van der Waals surface area (Å²) in [7, 11) is 0. The van der Waals surface area contributed by atoms with Crippen LogP contribution in [0.4, 0.5) is 4.39 Å². The van der Waals surface area contributed by atoms with Gasteiger partial charge < -0.3 is 15.2 Å². The number of hydrogen-bond donors (Lipinski definition) is 2. The number of imidazole rings is 1. The van der Waals surface area contributed by atoms with Crippen LogP contribution >= 0.6 is 0 Å². The van der Waals surface area contributed by atoms with E-state index in [1.165, 1.54) is 18.6 Å². The third kappa shape index (κ3) is 3.34. The average molecular weight is 356 g/mol. The van der Waals surface area contributed by atoms with Gasteiger partial charge in [0.2, 0.25) is 0 Å². The Balaban J connectivity index is 1.50. The molecule has 1 aliphatic heterocycles. The predicted molar refractivity (Wildman–Crippen MR) is 93.2 cm³/mol. The molecule has 7 heteroatoms. The van der Waals surface area contributed by atoms with Crippen LogP contribution in [0.5, 0.6) is 0 Å². The summed E-state index contributed by atoms with van der Waals surface area (Å²) in [5, 5.41) is 5.89. The van der Waals surface area contributed by atoms with Crippen LogP contribution in [-0.4, -0.2) is 27.4 Å². The van der Waals surface area contributed by atoms with Crippen LogP contribution in [0.2, 0.25) is 0 Å². The lowest BCUT2D eigenvalue weighted by atomic mass is 9.95. The molecule has 1 aromatic heterocycles. The van der Waals surface area contributed by atoms with Crippen LogP contribution in [0.1, 0.15) is 64.8 Å². The van der Waals surface area contributed by atoms with Crippen molar-refractivity contribution < 1.29 is 14.0 Å². The molecule has 6 nitrogen and oxygen atoms in total. The van der Waals surface area contributed by atoms with E-state index in [1.54, 1.807) is 22.9 Å². The number of halogens is 1. The monoisotopic (exact) mass is 356 g/mol. The highest BCUT2D eigenvalue weighted by atomic mass is 19.1. The van der Waals surface area contributed by atoms with Crippen molar-refractivity contribution in [2.75, 3.05) is 0 Å². The van der Waals surface area contributed by atoms with Crippen LogP contribution in [0, 0.1) is 5.82 Å². The maximum Gasteiger partial charge on any atom is 0.287 e. The highest BCUT2D eigenvalue weighted by Gasteiger charge is 2.29. The molecule has 0 spiro atoms. The predicted octanol–water partition coefficient (Wildman–Crippen LogP) is 2.57. The van der Waals surface area contributed by atoms with Gasteiger partial charge in [-0.25, -0.2) is 9.37 Å². The Hall–Kier alpha value is -2.70. The lowest BCUT2D eigenvalue weighted by Crippen LogP contribution is -2.38. The zero-order valence-electron chi connectivity index (χ0n) is 14.4. The Morgan fingerprint density at radius 2 is 1.92 bits per heavy atom. The summed E-state index contributed by atoms with van der Waals surface area (Å²) in [5.41, 5.74) is 1.08. The average Bonchev–Trinajstić information content (AvgIpc) is 3.08. The maximum absolute atomic E-state index is 13.1. The molecule has 2 N–H and O–H groups in total. The second-order valence-corrected chi connectivity index (χ2v) is 6.99. The summed E-state index contributed by atoms with van der Waals surface area (Å²) in [5.74, 6) is -0.648. The second kappa shape index (κ2) is 6.90. The first-order chi connectivity index (χ1) is 12.6. The molecular weight excluding hydrogens is 335 g/mol. The molecule has 1 atom stereocenters. The molecule has 136 valence electrons. The number of rotatable bonds is 3. The summed E-state index contributed by atoms with van der Waals surface area (Å²) in [6.07, 6.45) is 7.09. The fourth-order valence-corrected chi connectivity index (χ4v) is 3.70. The summed E-state index contributed by atoms with van der Waals surface area (Å²) in [6.45, 7) is 0.455. The Kier molecular flexibility index (Phi) is 4.44. The summed E-state index contributed by atoms with van der Waals surface area (Å²) in [4.78, 5) is 29.0. The largest absolute Gasteiger partial charge is 0.348 e. The topological polar surface area (TPSA) is 76.0 Å². The third-order valence-electron chi connectivity index (χ3n) is 5.11. The van der Waals surface area contributed by atoms with Crippen LogP contribution < -0.4 is 10.6 Å². The highest BCUT2D eigenvalue weighted by Crippen LogP contribution is 2.22. The fraction of sp³-hybridized carbons (Fsp3) is 0.421. The van der Waals surface area contributed by atoms with E-state index in [-0.39, 0.29) is 41.2 Å². The number of benzene rings is 1. The summed E-state index contributed by atoms with van der Waals surface area (Å²) >= 11 is 0. The SMILES string of the molecule is O=C(NC1CCCCC1)c1cn2c(n1)C(=O)NC(c1ccc(F)cc1)C2. The molecule has 2 amide bonds. The number of nitrogens with one attached hydrogen (secondary N) is 2. The van der Waals surface area contributed by atoms with E-state index < -0.39 is 0 Å². The zero-order valence-corrected chi connectivity index (χ0v) is 14.4. The van der Waals surface area contributed by atoms with Crippen molar-refractivity contribution in [3.05, 3.63) is 53.4 Å². The molecule has 2 aromatic rings. The van der Waals surface area contributed by atoms with E-state index in [2.05, 4.69) is 15.6 Å². The minimum atomic E-state index is -0.331. The molecular formula is C19H21FN4O2. The van der Waals surface area contributed by atoms with Crippen molar-refractivity contribution in [1.29, 1.82) is 0 Å². The molecule has 1 saturated carbocycles. The van der Waals surface area contributed by atoms with Gasteiger partial charge in [0.25, 0.3) is 11.8 Å². The Morgan fingerprint density at radius 3 is 2.65 bits per heavy atom. The molecule has 4 rings (SSSR count). The molecule has 1 unspecified atom stereocenters. The van der Waals surface area contributed by atoms with Crippen LogP contribution in [-0.2, 0) is 6.54 Å². The van der Waals surface area contributed by atoms with E-state index in [9.17, 15) is 14.0 Å². The lowest BCUT2D eigenvalue weighted by molar-refractivity contribution is 0.0894. The Labute approximate surface area is 150 Å². The Morgan fingerprint density at radius 1 is 1.19 bits per heavy atom. The molecule has 0 bridgehead atoms. The number of aromatic nitrogens is 2. The molecule has 0 radical (unpaired) electrons. The minimum absolute atomic E-state index is 0.191. The first-order valence-corrected chi connectivity index (χ1v) is 9.04. The standard InChI is InChI=1S/C19H21FN4O2/c20-13-8-6-12(7-9-13)15-10-24-11-16(22-17(24)19(26)23-15)18(25)21-14-4-2-1-3-5-14/h6-9,11,14-15H,1-5,10H2,(H,21,25)(H,23,26). The van der Waals surface area contributed by atoms with Crippen molar-refractivity contribution in [1.82, 2.24) is 20.2 Å². The molecule has 1 aliphatic carbocycles. The smallest absolute Gasteiger partial charge is 0.287 e. The van der Waals surface area contributed by atoms with Gasteiger partial charge in [-0.1, -0.05) is 31.4 Å². The zero-order chi connectivity index (χ0) is 18.1. The highest BCUT2D eigenvalue weighted by molar-refractivity contribution is 5.96. The molecule has 1 aromatic carbocycles. The van der Waals surface area contributed by atoms with E-state index in [0.717, 1.165) is 31.2 Å². The Bertz CT molecular complexity index is 825. The van der Waals surface area contributed by atoms with E-state index in [0.29, 0.717) is 6.54 Å². The van der Waals surface area contributed by atoms with Crippen LogP contribution in [0.3, 0.4) is 0 Å². The minimum Gasteiger partial charge on any atom is -0.348 e. The van der Waals surface area contributed by atoms with Crippen molar-refractivity contribution in [2.45, 2.75) is 50.7 Å². The summed E-state index contributed by atoms with van der Waals surface area (Å²) < 4.78 is 14.8. The molecule has 0 saturated heterocycles. The van der Waals surface area contributed by atoms with Crippen molar-refractivity contribution >= 4 is 11.8 Å². The van der Waals surface area contributed by atoms with E-state index >= 15 is 0 Å². The third-order valence-corrected chi connectivity index (χ3v) is 5.11. The number of nitrogens with zero attached hydrogens (tertiary/aromatic N) is 2. The first kappa shape index (κ1) is 16.8. The van der Waals surface area contributed by atoms with Gasteiger partial charge in [-0.15, -0.1) is 0 Å². The normalized spacial score (nSPS) is 20.3. The summed E-state index contributed by atoms with van der Waals surface area (Å²) in [6, 6.07) is 5.95.